The first kappa shape index (κ1) is 27.7. The molecule has 3 fully saturated rings. The van der Waals surface area contributed by atoms with Gasteiger partial charge in [0.1, 0.15) is 17.7 Å². The van der Waals surface area contributed by atoms with Crippen molar-refractivity contribution in [3.8, 4) is 0 Å². The Morgan fingerprint density at radius 1 is 1.00 bits per heavy atom. The molecule has 0 spiro atoms. The van der Waals surface area contributed by atoms with Gasteiger partial charge >= 0.3 is 0 Å². The number of nitrogens with two attached hydrogens (primary N) is 2. The molecule has 5 N–H and O–H groups in total. The van der Waals surface area contributed by atoms with Crippen molar-refractivity contribution >= 4 is 11.6 Å². The van der Waals surface area contributed by atoms with E-state index in [2.05, 4.69) is 5.32 Å². The second kappa shape index (κ2) is 14.0. The fourth-order valence-electron chi connectivity index (χ4n) is 6.76. The average Bonchev–Trinajstić information content (AvgIpc) is 2.84. The molecule has 3 aliphatic rings. The van der Waals surface area contributed by atoms with Crippen LogP contribution in [-0.4, -0.2) is 54.8 Å². The number of aliphatic hydroxyl groups excluding tert-OH is 1. The Morgan fingerprint density at radius 2 is 1.74 bits per heavy atom. The van der Waals surface area contributed by atoms with Gasteiger partial charge in [0, 0.05) is 26.4 Å². The third kappa shape index (κ3) is 8.37. The van der Waals surface area contributed by atoms with Crippen molar-refractivity contribution in [3.05, 3.63) is 0 Å². The topological polar surface area (TPSA) is 129 Å². The number of ketones is 2. The van der Waals surface area contributed by atoms with Gasteiger partial charge in [-0.15, -0.1) is 0 Å². The van der Waals surface area contributed by atoms with Crippen LogP contribution in [0.1, 0.15) is 96.3 Å². The van der Waals surface area contributed by atoms with Crippen LogP contribution >= 0.6 is 0 Å². The maximum atomic E-state index is 12.5. The minimum absolute atomic E-state index is 0.124. The zero-order valence-corrected chi connectivity index (χ0v) is 21.2. The number of methoxy groups -OCH3 is 1. The number of piperidine rings is 1. The fraction of sp³-hybridized carbons (Fsp3) is 0.926. The largest absolute Gasteiger partial charge is 0.841 e. The molecule has 7 nitrogen and oxygen atoms in total. The van der Waals surface area contributed by atoms with E-state index in [9.17, 15) is 19.8 Å². The Bertz CT molecular complexity index is 639. The molecule has 1 saturated heterocycles. The Morgan fingerprint density at radius 3 is 2.44 bits per heavy atom. The van der Waals surface area contributed by atoms with Gasteiger partial charge in [-0.2, -0.15) is 0 Å². The molecule has 0 aromatic rings. The molecule has 0 radical (unpaired) electrons. The van der Waals surface area contributed by atoms with Crippen LogP contribution in [0.4, 0.5) is 0 Å². The van der Waals surface area contributed by atoms with E-state index in [0.717, 1.165) is 45.1 Å². The second-order valence-electron chi connectivity index (χ2n) is 11.4. The lowest BCUT2D eigenvalue weighted by molar-refractivity contribution is -0.699. The Balaban J connectivity index is 1.42. The highest BCUT2D eigenvalue weighted by Crippen LogP contribution is 2.38. The van der Waals surface area contributed by atoms with Gasteiger partial charge in [-0.25, -0.2) is 0 Å². The molecular weight excluding hydrogens is 432 g/mol. The molecule has 0 amide bonds. The van der Waals surface area contributed by atoms with Crippen LogP contribution in [0.3, 0.4) is 0 Å². The summed E-state index contributed by atoms with van der Waals surface area (Å²) in [7, 11) is 1.63. The lowest BCUT2D eigenvalue weighted by Crippen LogP contribution is -2.94. The van der Waals surface area contributed by atoms with Crippen LogP contribution in [-0.2, 0) is 14.3 Å². The molecule has 7 heteroatoms. The zero-order chi connectivity index (χ0) is 24.5. The predicted molar refractivity (Wildman–Crippen MR) is 129 cm³/mol. The summed E-state index contributed by atoms with van der Waals surface area (Å²) in [6, 6.07) is 0. The van der Waals surface area contributed by atoms with Gasteiger partial charge < -0.3 is 29.9 Å². The van der Waals surface area contributed by atoms with Gasteiger partial charge in [0.2, 0.25) is 0 Å². The van der Waals surface area contributed by atoms with Gasteiger partial charge in [-0.3, -0.25) is 5.73 Å². The van der Waals surface area contributed by atoms with E-state index in [0.29, 0.717) is 24.7 Å². The second-order valence-corrected chi connectivity index (χ2v) is 11.4. The number of aliphatic hydroxyl groups is 1. The van der Waals surface area contributed by atoms with Gasteiger partial charge in [0.25, 0.3) is 0 Å². The third-order valence-electron chi connectivity index (χ3n) is 8.80. The Hall–Kier alpha value is -0.860. The summed E-state index contributed by atoms with van der Waals surface area (Å²) in [6.45, 7) is 1.03. The number of Topliss-reactive ketones (excluding diaryl/α,β-unsaturated/α-hetero) is 2. The Kier molecular flexibility index (Phi) is 11.4. The number of hydrogen-bond acceptors (Lipinski definition) is 6. The number of hydrogen-bond donors (Lipinski definition) is 3. The van der Waals surface area contributed by atoms with Crippen LogP contribution in [0.15, 0.2) is 0 Å². The molecule has 1 heterocycles. The molecule has 7 atom stereocenters. The normalized spacial score (nSPS) is 34.0. The van der Waals surface area contributed by atoms with E-state index in [4.69, 9.17) is 10.5 Å². The van der Waals surface area contributed by atoms with Crippen molar-refractivity contribution in [2.45, 2.75) is 121 Å². The molecule has 0 bridgehead atoms. The molecule has 196 valence electrons. The summed E-state index contributed by atoms with van der Waals surface area (Å²) in [5.74, 6) is 0.646. The minimum atomic E-state index is -1.73. The first-order chi connectivity index (χ1) is 16.4. The molecule has 3 rings (SSSR count). The van der Waals surface area contributed by atoms with Crippen molar-refractivity contribution in [3.63, 3.8) is 0 Å². The quantitative estimate of drug-likeness (QED) is 0.363. The molecule has 7 unspecified atom stereocenters. The summed E-state index contributed by atoms with van der Waals surface area (Å²) in [5, 5.41) is 25.4. The average molecular weight is 481 g/mol. The summed E-state index contributed by atoms with van der Waals surface area (Å²) in [5.41, 5.74) is 6.11. The molecule has 34 heavy (non-hydrogen) atoms. The number of ether oxygens (including phenoxy) is 1. The van der Waals surface area contributed by atoms with Crippen molar-refractivity contribution in [1.82, 2.24) is 0 Å². The van der Waals surface area contributed by atoms with E-state index in [1.165, 1.54) is 32.1 Å². The van der Waals surface area contributed by atoms with Crippen LogP contribution in [0.5, 0.6) is 0 Å². The summed E-state index contributed by atoms with van der Waals surface area (Å²) in [4.78, 5) is 24.8. The van der Waals surface area contributed by atoms with E-state index < -0.39 is 23.8 Å². The third-order valence-corrected chi connectivity index (χ3v) is 8.80. The maximum absolute atomic E-state index is 12.5. The molecule has 0 aromatic carbocycles. The molecule has 2 saturated carbocycles. The highest BCUT2D eigenvalue weighted by Gasteiger charge is 2.39. The van der Waals surface area contributed by atoms with Crippen LogP contribution in [0, 0.1) is 23.7 Å². The minimum Gasteiger partial charge on any atom is -0.841 e. The van der Waals surface area contributed by atoms with Gasteiger partial charge in [0.05, 0.1) is 18.8 Å². The van der Waals surface area contributed by atoms with Crippen molar-refractivity contribution in [1.29, 1.82) is 0 Å². The lowest BCUT2D eigenvalue weighted by atomic mass is 9.71. The van der Waals surface area contributed by atoms with E-state index in [-0.39, 0.29) is 36.9 Å². The highest BCUT2D eigenvalue weighted by atomic mass is 16.5. The van der Waals surface area contributed by atoms with Crippen molar-refractivity contribution < 1.29 is 29.9 Å². The highest BCUT2D eigenvalue weighted by molar-refractivity contribution is 6.04. The summed E-state index contributed by atoms with van der Waals surface area (Å²) < 4.78 is 5.58. The predicted octanol–water partition coefficient (Wildman–Crippen LogP) is 1.43. The smallest absolute Gasteiger partial charge is 0.137 e. The van der Waals surface area contributed by atoms with Gasteiger partial charge in [0.15, 0.2) is 0 Å². The van der Waals surface area contributed by atoms with Crippen LogP contribution in [0.25, 0.3) is 0 Å². The first-order valence-electron chi connectivity index (χ1n) is 13.9. The van der Waals surface area contributed by atoms with Crippen LogP contribution < -0.4 is 16.2 Å². The molecule has 0 aromatic heterocycles. The summed E-state index contributed by atoms with van der Waals surface area (Å²) in [6.07, 6.45) is 11.2. The van der Waals surface area contributed by atoms with Crippen LogP contribution in [0.2, 0.25) is 0 Å². The number of rotatable bonds is 12. The van der Waals surface area contributed by atoms with E-state index in [1.807, 2.05) is 0 Å². The van der Waals surface area contributed by atoms with E-state index >= 15 is 0 Å². The molecule has 2 aliphatic carbocycles. The fourth-order valence-corrected chi connectivity index (χ4v) is 6.76. The van der Waals surface area contributed by atoms with Crippen molar-refractivity contribution in [2.75, 3.05) is 13.7 Å². The van der Waals surface area contributed by atoms with Gasteiger partial charge in [-0.1, -0.05) is 38.5 Å². The number of carbonyl (C=O) groups is 2. The first-order valence-corrected chi connectivity index (χ1v) is 13.9. The SMILES string of the molecule is COC1CC(CCC(=O)C([O-])C(=O)CCCC2CCCCC2)CC(CC2CC[NH2+]C(N)C2)C1O. The number of carbonyl (C=O) groups excluding carboxylic acids is 2. The monoisotopic (exact) mass is 480 g/mol. The molecular formula is C27H48N2O5. The molecule has 1 aliphatic heterocycles. The maximum Gasteiger partial charge on any atom is 0.137 e. The van der Waals surface area contributed by atoms with Gasteiger partial charge in [-0.05, 0) is 68.3 Å². The lowest BCUT2D eigenvalue weighted by Gasteiger charge is -2.40. The van der Waals surface area contributed by atoms with E-state index in [1.54, 1.807) is 7.11 Å². The van der Waals surface area contributed by atoms with Crippen molar-refractivity contribution in [2.24, 2.45) is 29.4 Å². The summed E-state index contributed by atoms with van der Waals surface area (Å²) >= 11 is 0. The Labute approximate surface area is 205 Å². The standard InChI is InChI=1S/C27H47N2O5/c1-34-24-16-19(14-21(26(24)32)15-20-12-13-29-25(28)17-20)10-11-23(31)27(33)22(30)9-5-8-18-6-3-2-4-7-18/h18-21,24-27,29,32H,2-17,28H2,1H3/q-1/p+1. The zero-order valence-electron chi connectivity index (χ0n) is 21.2. The number of quaternary nitrogens is 1.